The van der Waals surface area contributed by atoms with Crippen molar-refractivity contribution in [3.05, 3.63) is 23.5 Å². The van der Waals surface area contributed by atoms with Crippen LogP contribution in [0.15, 0.2) is 12.2 Å². The number of carbonyl (C=O) groups excluding carboxylic acids is 1. The number of H-pyrrole nitrogens is 1. The first-order valence-corrected chi connectivity index (χ1v) is 5.21. The molecule has 1 heterocycles. The topological polar surface area (TPSA) is 75.0 Å². The van der Waals surface area contributed by atoms with E-state index < -0.39 is 0 Å². The van der Waals surface area contributed by atoms with Gasteiger partial charge in [0.25, 0.3) is 5.91 Å². The molecule has 0 spiro atoms. The van der Waals surface area contributed by atoms with E-state index in [2.05, 4.69) is 16.8 Å². The lowest BCUT2D eigenvalue weighted by Crippen LogP contribution is -2.32. The number of nitrogens with two attached hydrogens (primary N) is 1. The molecule has 0 aliphatic rings. The predicted molar refractivity (Wildman–Crippen MR) is 64.1 cm³/mol. The Morgan fingerprint density at radius 2 is 2.25 bits per heavy atom. The zero-order valence-electron chi connectivity index (χ0n) is 10.0. The number of likely N-dealkylation sites (N-methyl/N-ethyl adjacent to an activating group) is 1. The number of nitrogen functional groups attached to an aromatic ring is 1. The molecule has 0 saturated heterocycles. The molecule has 5 nitrogen and oxygen atoms in total. The SMILES string of the molecule is C=C(C)CN(CC)C(=O)c1n[nH]c(C)c1N. The Hall–Kier alpha value is -1.78. The van der Waals surface area contributed by atoms with E-state index in [1.54, 1.807) is 11.8 Å². The van der Waals surface area contributed by atoms with Gasteiger partial charge in [0.2, 0.25) is 0 Å². The van der Waals surface area contributed by atoms with Crippen LogP contribution < -0.4 is 5.73 Å². The summed E-state index contributed by atoms with van der Waals surface area (Å²) in [6.45, 7) is 10.5. The monoisotopic (exact) mass is 222 g/mol. The Kier molecular flexibility index (Phi) is 3.71. The van der Waals surface area contributed by atoms with Crippen LogP contribution in [0.3, 0.4) is 0 Å². The minimum Gasteiger partial charge on any atom is -0.395 e. The van der Waals surface area contributed by atoms with Crippen LogP contribution in [0.25, 0.3) is 0 Å². The number of aryl methyl sites for hydroxylation is 1. The summed E-state index contributed by atoms with van der Waals surface area (Å²) in [5, 5.41) is 6.63. The van der Waals surface area contributed by atoms with Crippen LogP contribution in [-0.2, 0) is 0 Å². The van der Waals surface area contributed by atoms with Gasteiger partial charge in [-0.3, -0.25) is 9.89 Å². The van der Waals surface area contributed by atoms with E-state index in [4.69, 9.17) is 5.73 Å². The predicted octanol–water partition coefficient (Wildman–Crippen LogP) is 1.34. The molecule has 1 amide bonds. The van der Waals surface area contributed by atoms with Crippen LogP contribution in [0.5, 0.6) is 0 Å². The molecule has 16 heavy (non-hydrogen) atoms. The van der Waals surface area contributed by atoms with Crippen LogP contribution in [-0.4, -0.2) is 34.1 Å². The molecule has 0 radical (unpaired) electrons. The van der Waals surface area contributed by atoms with Crippen LogP contribution in [0.4, 0.5) is 5.69 Å². The molecule has 0 bridgehead atoms. The number of carbonyl (C=O) groups is 1. The minimum atomic E-state index is -0.160. The van der Waals surface area contributed by atoms with E-state index in [-0.39, 0.29) is 5.91 Å². The number of nitrogens with zero attached hydrogens (tertiary/aromatic N) is 2. The largest absolute Gasteiger partial charge is 0.395 e. The van der Waals surface area contributed by atoms with Crippen molar-refractivity contribution >= 4 is 11.6 Å². The van der Waals surface area contributed by atoms with E-state index in [1.807, 2.05) is 13.8 Å². The van der Waals surface area contributed by atoms with Crippen LogP contribution >= 0.6 is 0 Å². The average Bonchev–Trinajstić information content (AvgIpc) is 2.55. The van der Waals surface area contributed by atoms with Gasteiger partial charge < -0.3 is 10.6 Å². The van der Waals surface area contributed by atoms with Crippen molar-refractivity contribution in [2.24, 2.45) is 0 Å². The quantitative estimate of drug-likeness (QED) is 0.755. The van der Waals surface area contributed by atoms with Crippen molar-refractivity contribution in [3.63, 3.8) is 0 Å². The summed E-state index contributed by atoms with van der Waals surface area (Å²) in [6.07, 6.45) is 0. The molecule has 3 N–H and O–H groups in total. The maximum Gasteiger partial charge on any atom is 0.276 e. The molecule has 1 aromatic rings. The number of hydrogen-bond donors (Lipinski definition) is 2. The van der Waals surface area contributed by atoms with Crippen LogP contribution in [0, 0.1) is 6.92 Å². The third-order valence-corrected chi connectivity index (χ3v) is 2.33. The third kappa shape index (κ3) is 2.42. The Morgan fingerprint density at radius 1 is 1.62 bits per heavy atom. The lowest BCUT2D eigenvalue weighted by Gasteiger charge is -2.19. The molecular formula is C11H18N4O. The van der Waals surface area contributed by atoms with Crippen molar-refractivity contribution in [2.45, 2.75) is 20.8 Å². The van der Waals surface area contributed by atoms with Crippen molar-refractivity contribution in [3.8, 4) is 0 Å². The van der Waals surface area contributed by atoms with Crippen molar-refractivity contribution in [1.29, 1.82) is 0 Å². The number of aromatic amines is 1. The molecule has 1 aromatic heterocycles. The second-order valence-electron chi connectivity index (χ2n) is 3.89. The Balaban J connectivity index is 2.91. The van der Waals surface area contributed by atoms with E-state index in [9.17, 15) is 4.79 Å². The molecule has 1 rings (SSSR count). The minimum absolute atomic E-state index is 0.160. The van der Waals surface area contributed by atoms with E-state index in [0.29, 0.717) is 24.5 Å². The fourth-order valence-electron chi connectivity index (χ4n) is 1.40. The zero-order valence-corrected chi connectivity index (χ0v) is 10.0. The highest BCUT2D eigenvalue weighted by molar-refractivity contribution is 5.97. The molecule has 0 aromatic carbocycles. The fourth-order valence-corrected chi connectivity index (χ4v) is 1.40. The Bertz CT molecular complexity index is 408. The van der Waals surface area contributed by atoms with Gasteiger partial charge in [0.1, 0.15) is 0 Å². The number of aromatic nitrogens is 2. The van der Waals surface area contributed by atoms with Gasteiger partial charge >= 0.3 is 0 Å². The average molecular weight is 222 g/mol. The number of amides is 1. The summed E-state index contributed by atoms with van der Waals surface area (Å²) in [7, 11) is 0. The molecule has 0 aliphatic heterocycles. The lowest BCUT2D eigenvalue weighted by atomic mass is 10.2. The van der Waals surface area contributed by atoms with Gasteiger partial charge in [-0.15, -0.1) is 0 Å². The highest BCUT2D eigenvalue weighted by Gasteiger charge is 2.20. The highest BCUT2D eigenvalue weighted by atomic mass is 16.2. The van der Waals surface area contributed by atoms with Crippen molar-refractivity contribution in [1.82, 2.24) is 15.1 Å². The summed E-state index contributed by atoms with van der Waals surface area (Å²) in [4.78, 5) is 13.7. The standard InChI is InChI=1S/C11H18N4O/c1-5-15(6-7(2)3)11(16)10-9(12)8(4)13-14-10/h2,5-6,12H2,1,3-4H3,(H,13,14). The van der Waals surface area contributed by atoms with Gasteiger partial charge in [0.15, 0.2) is 5.69 Å². The summed E-state index contributed by atoms with van der Waals surface area (Å²) < 4.78 is 0. The summed E-state index contributed by atoms with van der Waals surface area (Å²) in [6, 6.07) is 0. The van der Waals surface area contributed by atoms with Gasteiger partial charge in [0.05, 0.1) is 11.4 Å². The molecular weight excluding hydrogens is 204 g/mol. The van der Waals surface area contributed by atoms with E-state index >= 15 is 0 Å². The van der Waals surface area contributed by atoms with Gasteiger partial charge in [-0.05, 0) is 20.8 Å². The maximum atomic E-state index is 12.1. The van der Waals surface area contributed by atoms with Gasteiger partial charge in [-0.1, -0.05) is 12.2 Å². The molecule has 0 aliphatic carbocycles. The van der Waals surface area contributed by atoms with Crippen LogP contribution in [0.1, 0.15) is 30.0 Å². The highest BCUT2D eigenvalue weighted by Crippen LogP contribution is 2.15. The molecule has 5 heteroatoms. The van der Waals surface area contributed by atoms with Crippen LogP contribution in [0.2, 0.25) is 0 Å². The maximum absolute atomic E-state index is 12.1. The second kappa shape index (κ2) is 4.83. The summed E-state index contributed by atoms with van der Waals surface area (Å²) >= 11 is 0. The third-order valence-electron chi connectivity index (χ3n) is 2.33. The number of rotatable bonds is 4. The van der Waals surface area contributed by atoms with E-state index in [0.717, 1.165) is 11.3 Å². The van der Waals surface area contributed by atoms with Gasteiger partial charge in [0, 0.05) is 13.1 Å². The smallest absolute Gasteiger partial charge is 0.276 e. The Labute approximate surface area is 95.3 Å². The summed E-state index contributed by atoms with van der Waals surface area (Å²) in [5.74, 6) is -0.160. The number of nitrogens with one attached hydrogen (secondary N) is 1. The number of anilines is 1. The zero-order chi connectivity index (χ0) is 12.3. The molecule has 88 valence electrons. The number of hydrogen-bond acceptors (Lipinski definition) is 3. The normalized spacial score (nSPS) is 10.2. The Morgan fingerprint density at radius 3 is 2.62 bits per heavy atom. The van der Waals surface area contributed by atoms with Gasteiger partial charge in [-0.2, -0.15) is 5.10 Å². The molecule has 0 fully saturated rings. The van der Waals surface area contributed by atoms with E-state index in [1.165, 1.54) is 0 Å². The fraction of sp³-hybridized carbons (Fsp3) is 0.455. The summed E-state index contributed by atoms with van der Waals surface area (Å²) in [5.41, 5.74) is 8.13. The molecule has 0 unspecified atom stereocenters. The molecule has 0 atom stereocenters. The first-order chi connectivity index (χ1) is 7.47. The van der Waals surface area contributed by atoms with Crippen molar-refractivity contribution < 1.29 is 4.79 Å². The molecule has 0 saturated carbocycles. The second-order valence-corrected chi connectivity index (χ2v) is 3.89. The van der Waals surface area contributed by atoms with Crippen molar-refractivity contribution in [2.75, 3.05) is 18.8 Å². The lowest BCUT2D eigenvalue weighted by molar-refractivity contribution is 0.0773. The first-order valence-electron chi connectivity index (χ1n) is 5.21. The first kappa shape index (κ1) is 12.3. The van der Waals surface area contributed by atoms with Gasteiger partial charge in [-0.25, -0.2) is 0 Å².